The molecule has 25 heavy (non-hydrogen) atoms. The highest BCUT2D eigenvalue weighted by Crippen LogP contribution is 2.36. The number of carbonyl (C=O) groups excluding carboxylic acids is 1. The third-order valence-corrected chi connectivity index (χ3v) is 5.94. The number of benzene rings is 1. The van der Waals surface area contributed by atoms with Gasteiger partial charge in [-0.25, -0.2) is 4.39 Å². The molecule has 0 fully saturated rings. The molecule has 0 saturated heterocycles. The van der Waals surface area contributed by atoms with Gasteiger partial charge in [0.25, 0.3) is 5.91 Å². The Morgan fingerprint density at radius 2 is 2.20 bits per heavy atom. The molecule has 3 aromatic rings. The number of rotatable bonds is 2. The van der Waals surface area contributed by atoms with Gasteiger partial charge in [0.1, 0.15) is 5.82 Å². The van der Waals surface area contributed by atoms with Crippen molar-refractivity contribution in [2.45, 2.75) is 32.7 Å². The van der Waals surface area contributed by atoms with Crippen molar-refractivity contribution in [3.63, 3.8) is 0 Å². The quantitative estimate of drug-likeness (QED) is 0.656. The maximum Gasteiger partial charge on any atom is 0.256 e. The van der Waals surface area contributed by atoms with E-state index in [1.165, 1.54) is 22.6 Å². The van der Waals surface area contributed by atoms with E-state index in [4.69, 9.17) is 0 Å². The van der Waals surface area contributed by atoms with Crippen molar-refractivity contribution in [2.24, 2.45) is 0 Å². The molecule has 5 heteroatoms. The highest BCUT2D eigenvalue weighted by Gasteiger charge is 2.31. The fraction of sp³-hybridized carbons (Fsp3) is 0.300. The molecule has 3 nitrogen and oxygen atoms in total. The number of aromatic nitrogens is 1. The molecule has 2 aromatic heterocycles. The summed E-state index contributed by atoms with van der Waals surface area (Å²) in [7, 11) is 0. The van der Waals surface area contributed by atoms with Gasteiger partial charge < -0.3 is 4.90 Å². The van der Waals surface area contributed by atoms with E-state index in [1.54, 1.807) is 17.4 Å². The minimum atomic E-state index is -0.314. The lowest BCUT2D eigenvalue weighted by atomic mass is 9.96. The van der Waals surface area contributed by atoms with Crippen LogP contribution in [0, 0.1) is 12.7 Å². The molecular weight excluding hydrogens is 335 g/mol. The fourth-order valence-electron chi connectivity index (χ4n) is 3.69. The molecule has 128 valence electrons. The summed E-state index contributed by atoms with van der Waals surface area (Å²) in [5.41, 5.74) is 3.12. The van der Waals surface area contributed by atoms with Crippen LogP contribution in [0.5, 0.6) is 0 Å². The molecule has 0 radical (unpaired) electrons. The SMILES string of the molecule is CCC1c2ccsc2CCN1C(=O)c1cc2ccc(F)cc2nc1C. The van der Waals surface area contributed by atoms with Gasteiger partial charge in [-0.05, 0) is 55.0 Å². The molecule has 1 aromatic carbocycles. The van der Waals surface area contributed by atoms with Gasteiger partial charge in [-0.3, -0.25) is 9.78 Å². The van der Waals surface area contributed by atoms with E-state index in [2.05, 4.69) is 23.4 Å². The van der Waals surface area contributed by atoms with Gasteiger partial charge in [-0.1, -0.05) is 6.92 Å². The molecule has 0 bridgehead atoms. The summed E-state index contributed by atoms with van der Waals surface area (Å²) in [6.07, 6.45) is 1.79. The molecule has 0 aliphatic carbocycles. The molecule has 1 amide bonds. The van der Waals surface area contributed by atoms with Gasteiger partial charge in [-0.15, -0.1) is 11.3 Å². The van der Waals surface area contributed by atoms with Crippen LogP contribution in [0.4, 0.5) is 4.39 Å². The zero-order valence-electron chi connectivity index (χ0n) is 14.3. The van der Waals surface area contributed by atoms with Gasteiger partial charge in [0.2, 0.25) is 0 Å². The van der Waals surface area contributed by atoms with Crippen molar-refractivity contribution >= 4 is 28.1 Å². The maximum atomic E-state index is 13.4. The van der Waals surface area contributed by atoms with Crippen LogP contribution in [0.2, 0.25) is 0 Å². The van der Waals surface area contributed by atoms with E-state index < -0.39 is 0 Å². The van der Waals surface area contributed by atoms with E-state index in [0.29, 0.717) is 16.8 Å². The maximum absolute atomic E-state index is 13.4. The lowest BCUT2D eigenvalue weighted by molar-refractivity contribution is 0.0656. The van der Waals surface area contributed by atoms with E-state index in [9.17, 15) is 9.18 Å². The minimum Gasteiger partial charge on any atom is -0.331 e. The lowest BCUT2D eigenvalue weighted by Crippen LogP contribution is -2.39. The first-order chi connectivity index (χ1) is 12.1. The lowest BCUT2D eigenvalue weighted by Gasteiger charge is -2.35. The average molecular weight is 354 g/mol. The third-order valence-electron chi connectivity index (χ3n) is 4.94. The Balaban J connectivity index is 1.74. The molecular formula is C20H19FN2OS. The molecule has 1 aliphatic rings. The van der Waals surface area contributed by atoms with Gasteiger partial charge in [0.15, 0.2) is 0 Å². The number of pyridine rings is 1. The van der Waals surface area contributed by atoms with E-state index in [1.807, 2.05) is 17.9 Å². The van der Waals surface area contributed by atoms with Crippen molar-refractivity contribution in [2.75, 3.05) is 6.54 Å². The monoisotopic (exact) mass is 354 g/mol. The molecule has 4 rings (SSSR count). The second-order valence-corrected chi connectivity index (χ2v) is 7.43. The number of fused-ring (bicyclic) bond motifs is 2. The number of amides is 1. The van der Waals surface area contributed by atoms with E-state index >= 15 is 0 Å². The third kappa shape index (κ3) is 2.72. The highest BCUT2D eigenvalue weighted by molar-refractivity contribution is 7.10. The van der Waals surface area contributed by atoms with Crippen LogP contribution in [0.3, 0.4) is 0 Å². The second-order valence-electron chi connectivity index (χ2n) is 6.43. The van der Waals surface area contributed by atoms with Crippen LogP contribution in [0.25, 0.3) is 10.9 Å². The number of halogens is 1. The van der Waals surface area contributed by atoms with Gasteiger partial charge >= 0.3 is 0 Å². The van der Waals surface area contributed by atoms with Crippen molar-refractivity contribution in [3.8, 4) is 0 Å². The predicted octanol–water partition coefficient (Wildman–Crippen LogP) is 4.89. The first-order valence-electron chi connectivity index (χ1n) is 8.52. The van der Waals surface area contributed by atoms with Crippen molar-refractivity contribution in [1.29, 1.82) is 0 Å². The normalized spacial score (nSPS) is 16.9. The Bertz CT molecular complexity index is 965. The van der Waals surface area contributed by atoms with Gasteiger partial charge in [-0.2, -0.15) is 0 Å². The standard InChI is InChI=1S/C20H19FN2OS/c1-3-18-15-7-9-25-19(15)6-8-23(18)20(24)16-10-13-4-5-14(21)11-17(13)22-12(16)2/h4-5,7,9-11,18H,3,6,8H2,1-2H3. The summed E-state index contributed by atoms with van der Waals surface area (Å²) in [5.74, 6) is -0.300. The average Bonchev–Trinajstić information content (AvgIpc) is 3.08. The van der Waals surface area contributed by atoms with E-state index in [-0.39, 0.29) is 17.8 Å². The molecule has 3 heterocycles. The Hall–Kier alpha value is -2.27. The minimum absolute atomic E-state index is 0.0138. The molecule has 0 N–H and O–H groups in total. The number of nitrogens with zero attached hydrogens (tertiary/aromatic N) is 2. The Morgan fingerprint density at radius 1 is 1.36 bits per heavy atom. The Labute approximate surface area is 150 Å². The molecule has 1 atom stereocenters. The first-order valence-corrected chi connectivity index (χ1v) is 9.40. The summed E-state index contributed by atoms with van der Waals surface area (Å²) in [4.78, 5) is 21.1. The number of thiophene rings is 1. The Kier molecular flexibility index (Phi) is 4.04. The van der Waals surface area contributed by atoms with Crippen LogP contribution >= 0.6 is 11.3 Å². The van der Waals surface area contributed by atoms with Crippen molar-refractivity contribution < 1.29 is 9.18 Å². The van der Waals surface area contributed by atoms with Gasteiger partial charge in [0.05, 0.1) is 22.8 Å². The Morgan fingerprint density at radius 3 is 3.00 bits per heavy atom. The van der Waals surface area contributed by atoms with Crippen molar-refractivity contribution in [1.82, 2.24) is 9.88 Å². The van der Waals surface area contributed by atoms with Crippen LogP contribution in [0.1, 0.15) is 45.9 Å². The largest absolute Gasteiger partial charge is 0.331 e. The highest BCUT2D eigenvalue weighted by atomic mass is 32.1. The predicted molar refractivity (Wildman–Crippen MR) is 98.5 cm³/mol. The van der Waals surface area contributed by atoms with Crippen molar-refractivity contribution in [3.05, 3.63) is 63.2 Å². The summed E-state index contributed by atoms with van der Waals surface area (Å²) in [6.45, 7) is 4.66. The van der Waals surface area contributed by atoms with Crippen LogP contribution in [0.15, 0.2) is 35.7 Å². The number of carbonyl (C=O) groups is 1. The van der Waals surface area contributed by atoms with Crippen LogP contribution in [-0.2, 0) is 6.42 Å². The molecule has 0 spiro atoms. The number of aryl methyl sites for hydroxylation is 1. The smallest absolute Gasteiger partial charge is 0.256 e. The fourth-order valence-corrected chi connectivity index (χ4v) is 4.62. The number of hydrogen-bond donors (Lipinski definition) is 0. The molecule has 1 unspecified atom stereocenters. The van der Waals surface area contributed by atoms with Gasteiger partial charge in [0, 0.05) is 22.9 Å². The summed E-state index contributed by atoms with van der Waals surface area (Å²) in [5, 5.41) is 2.90. The zero-order chi connectivity index (χ0) is 17.6. The van der Waals surface area contributed by atoms with Crippen LogP contribution < -0.4 is 0 Å². The topological polar surface area (TPSA) is 33.2 Å². The molecule has 1 aliphatic heterocycles. The summed E-state index contributed by atoms with van der Waals surface area (Å²) < 4.78 is 13.4. The molecule has 0 saturated carbocycles. The zero-order valence-corrected chi connectivity index (χ0v) is 15.1. The summed E-state index contributed by atoms with van der Waals surface area (Å²) in [6, 6.07) is 8.59. The number of hydrogen-bond acceptors (Lipinski definition) is 3. The second kappa shape index (κ2) is 6.23. The summed E-state index contributed by atoms with van der Waals surface area (Å²) >= 11 is 1.77. The first kappa shape index (κ1) is 16.2. The van der Waals surface area contributed by atoms with Crippen LogP contribution in [-0.4, -0.2) is 22.3 Å². The van der Waals surface area contributed by atoms with E-state index in [0.717, 1.165) is 24.8 Å².